The monoisotopic (exact) mass is 542 g/mol. The van der Waals surface area contributed by atoms with Crippen LogP contribution in [0.2, 0.25) is 0 Å². The molecule has 5 rings (SSSR count). The summed E-state index contributed by atoms with van der Waals surface area (Å²) in [4.78, 5) is 72.1. The van der Waals surface area contributed by atoms with Crippen LogP contribution in [0.15, 0.2) is 6.07 Å². The Balaban J connectivity index is 1.65. The lowest BCUT2D eigenvalue weighted by Gasteiger charge is -2.52. The average molecular weight is 543 g/mol. The van der Waals surface area contributed by atoms with Crippen LogP contribution in [-0.2, 0) is 30.3 Å². The maximum absolute atomic E-state index is 14.1. The maximum atomic E-state index is 14.1. The van der Waals surface area contributed by atoms with Crippen LogP contribution in [0, 0.1) is 23.7 Å². The number of ketones is 4. The highest BCUT2D eigenvalue weighted by Gasteiger charge is 2.69. The van der Waals surface area contributed by atoms with Gasteiger partial charge in [0.1, 0.15) is 5.75 Å². The molecule has 0 radical (unpaired) electrons. The number of carbonyl (C=O) groups is 5. The molecule has 1 heterocycles. The molecule has 1 saturated heterocycles. The molecule has 1 aromatic carbocycles. The first-order chi connectivity index (χ1) is 18.3. The van der Waals surface area contributed by atoms with E-state index in [1.54, 1.807) is 14.1 Å². The van der Waals surface area contributed by atoms with Gasteiger partial charge in [-0.15, -0.1) is 0 Å². The summed E-state index contributed by atoms with van der Waals surface area (Å²) in [6, 6.07) is 0.693. The number of nitrogens with zero attached hydrogens (tertiary/aromatic N) is 3. The molecule has 12 nitrogen and oxygen atoms in total. The molecule has 0 bridgehead atoms. The Bertz CT molecular complexity index is 1290. The Morgan fingerprint density at radius 1 is 1.10 bits per heavy atom. The summed E-state index contributed by atoms with van der Waals surface area (Å²) in [5.41, 5.74) is 4.35. The van der Waals surface area contributed by atoms with Crippen LogP contribution in [0.1, 0.15) is 22.3 Å². The standard InChI is InChI=1S/C27H34N4O8/c1-29(2)15-11-16(31-5-7-39-8-6-31)21(32)18-13(15)9-12-10-14-20(30(3)4)23(34)19(26(28)37)25(36)27(14,38)24(35)17(12)22(18)33/h11-12,14,17,19-20,32,38H,5-10H2,1-4H3,(H2,28,37). The van der Waals surface area contributed by atoms with Crippen molar-refractivity contribution in [1.29, 1.82) is 0 Å². The molecule has 2 saturated carbocycles. The maximum Gasteiger partial charge on any atom is 0.235 e. The molecule has 6 unspecified atom stereocenters. The topological polar surface area (TPSA) is 171 Å². The number of primary amides is 1. The molecule has 3 aliphatic carbocycles. The minimum atomic E-state index is -2.74. The molecule has 39 heavy (non-hydrogen) atoms. The first kappa shape index (κ1) is 27.2. The molecule has 4 N–H and O–H groups in total. The highest BCUT2D eigenvalue weighted by molar-refractivity contribution is 6.32. The quantitative estimate of drug-likeness (QED) is 0.389. The van der Waals surface area contributed by atoms with Crippen LogP contribution in [0.5, 0.6) is 5.75 Å². The van der Waals surface area contributed by atoms with E-state index in [1.165, 1.54) is 4.90 Å². The number of phenolic OH excluding ortho intramolecular Hbond substituents is 1. The van der Waals surface area contributed by atoms with Gasteiger partial charge in [0.15, 0.2) is 34.7 Å². The van der Waals surface area contributed by atoms with Crippen molar-refractivity contribution in [2.45, 2.75) is 24.5 Å². The number of fused-ring (bicyclic) bond motifs is 3. The molecule has 0 aromatic heterocycles. The van der Waals surface area contributed by atoms with Gasteiger partial charge in [-0.3, -0.25) is 28.9 Å². The highest BCUT2D eigenvalue weighted by atomic mass is 16.5. The Labute approximate surface area is 225 Å². The fraction of sp³-hybridized carbons (Fsp3) is 0.593. The molecular formula is C27H34N4O8. The number of nitrogens with two attached hydrogens (primary N) is 1. The number of likely N-dealkylation sites (N-methyl/N-ethyl adjacent to an activating group) is 1. The van der Waals surface area contributed by atoms with E-state index in [0.717, 1.165) is 0 Å². The van der Waals surface area contributed by atoms with Crippen molar-refractivity contribution >= 4 is 40.4 Å². The fourth-order valence-corrected chi connectivity index (χ4v) is 7.08. The number of amides is 1. The molecule has 1 aliphatic heterocycles. The lowest BCUT2D eigenvalue weighted by Crippen LogP contribution is -2.74. The lowest BCUT2D eigenvalue weighted by molar-refractivity contribution is -0.181. The van der Waals surface area contributed by atoms with Gasteiger partial charge in [0.25, 0.3) is 0 Å². The van der Waals surface area contributed by atoms with E-state index in [9.17, 15) is 34.2 Å². The number of Topliss-reactive ketones (excluding diaryl/α,β-unsaturated/α-hetero) is 4. The summed E-state index contributed by atoms with van der Waals surface area (Å²) >= 11 is 0. The molecule has 4 aliphatic rings. The molecule has 1 amide bonds. The Morgan fingerprint density at radius 3 is 2.31 bits per heavy atom. The smallest absolute Gasteiger partial charge is 0.235 e. The molecule has 0 spiro atoms. The summed E-state index contributed by atoms with van der Waals surface area (Å²) < 4.78 is 5.42. The van der Waals surface area contributed by atoms with E-state index in [2.05, 4.69) is 0 Å². The van der Waals surface area contributed by atoms with Crippen LogP contribution < -0.4 is 15.5 Å². The van der Waals surface area contributed by atoms with Crippen LogP contribution in [0.4, 0.5) is 11.4 Å². The van der Waals surface area contributed by atoms with Gasteiger partial charge in [-0.2, -0.15) is 0 Å². The lowest BCUT2D eigenvalue weighted by atomic mass is 9.52. The summed E-state index contributed by atoms with van der Waals surface area (Å²) in [5, 5.41) is 23.1. The Hall–Kier alpha value is -3.35. The summed E-state index contributed by atoms with van der Waals surface area (Å²) in [5.74, 6) is -10.5. The van der Waals surface area contributed by atoms with Crippen molar-refractivity contribution in [3.63, 3.8) is 0 Å². The Morgan fingerprint density at radius 2 is 1.74 bits per heavy atom. The van der Waals surface area contributed by atoms with Crippen molar-refractivity contribution in [3.8, 4) is 5.75 Å². The van der Waals surface area contributed by atoms with Crippen molar-refractivity contribution in [2.24, 2.45) is 29.4 Å². The van der Waals surface area contributed by atoms with Crippen molar-refractivity contribution in [2.75, 3.05) is 64.3 Å². The normalized spacial score (nSPS) is 32.6. The van der Waals surface area contributed by atoms with Gasteiger partial charge in [0.2, 0.25) is 5.91 Å². The van der Waals surface area contributed by atoms with Crippen LogP contribution in [0.3, 0.4) is 0 Å². The molecule has 210 valence electrons. The summed E-state index contributed by atoms with van der Waals surface area (Å²) in [7, 11) is 6.76. The van der Waals surface area contributed by atoms with Crippen LogP contribution in [0.25, 0.3) is 0 Å². The van der Waals surface area contributed by atoms with Crippen molar-refractivity contribution in [1.82, 2.24) is 4.90 Å². The van der Waals surface area contributed by atoms with Gasteiger partial charge in [-0.05, 0) is 44.5 Å². The van der Waals surface area contributed by atoms with E-state index in [0.29, 0.717) is 43.2 Å². The number of aliphatic hydroxyl groups is 1. The van der Waals surface area contributed by atoms with Gasteiger partial charge < -0.3 is 30.5 Å². The average Bonchev–Trinajstić information content (AvgIpc) is 2.86. The van der Waals surface area contributed by atoms with E-state index in [-0.39, 0.29) is 24.2 Å². The zero-order valence-electron chi connectivity index (χ0n) is 22.5. The van der Waals surface area contributed by atoms with Gasteiger partial charge >= 0.3 is 0 Å². The second-order valence-electron chi connectivity index (χ2n) is 11.4. The number of anilines is 2. The zero-order chi connectivity index (χ0) is 28.5. The Kier molecular flexibility index (Phi) is 6.55. The molecule has 1 aromatic rings. The number of hydrogen-bond donors (Lipinski definition) is 3. The van der Waals surface area contributed by atoms with Crippen molar-refractivity contribution < 1.29 is 38.9 Å². The number of carbonyl (C=O) groups excluding carboxylic acids is 5. The van der Waals surface area contributed by atoms with E-state index < -0.39 is 64.4 Å². The van der Waals surface area contributed by atoms with Gasteiger partial charge in [0, 0.05) is 38.8 Å². The van der Waals surface area contributed by atoms with E-state index >= 15 is 0 Å². The number of ether oxygens (including phenoxy) is 1. The zero-order valence-corrected chi connectivity index (χ0v) is 22.5. The number of phenols is 1. The third-order valence-corrected chi connectivity index (χ3v) is 8.85. The largest absolute Gasteiger partial charge is 0.505 e. The first-order valence-electron chi connectivity index (χ1n) is 13.1. The molecular weight excluding hydrogens is 508 g/mol. The third-order valence-electron chi connectivity index (χ3n) is 8.85. The van der Waals surface area contributed by atoms with Crippen LogP contribution in [-0.4, -0.2) is 110 Å². The predicted octanol–water partition coefficient (Wildman–Crippen LogP) is -1.23. The number of rotatable bonds is 4. The second kappa shape index (κ2) is 9.39. The fourth-order valence-electron chi connectivity index (χ4n) is 7.08. The van der Waals surface area contributed by atoms with Gasteiger partial charge in [0.05, 0.1) is 36.4 Å². The minimum Gasteiger partial charge on any atom is -0.505 e. The number of morpholine rings is 1. The van der Waals surface area contributed by atoms with Crippen LogP contribution >= 0.6 is 0 Å². The SMILES string of the molecule is CN(C)c1cc(N2CCOCC2)c(O)c2c1CC1CC3C(N(C)C)C(=O)C(C(N)=O)C(=O)C3(O)C(=O)C1C2=O. The minimum absolute atomic E-state index is 0.00529. The van der Waals surface area contributed by atoms with Crippen molar-refractivity contribution in [3.05, 3.63) is 17.2 Å². The molecule has 6 atom stereocenters. The highest BCUT2D eigenvalue weighted by Crippen LogP contribution is 2.53. The van der Waals surface area contributed by atoms with E-state index in [1.807, 2.05) is 30.0 Å². The number of hydrogen-bond acceptors (Lipinski definition) is 11. The predicted molar refractivity (Wildman–Crippen MR) is 139 cm³/mol. The van der Waals surface area contributed by atoms with Gasteiger partial charge in [-0.25, -0.2) is 0 Å². The first-order valence-corrected chi connectivity index (χ1v) is 13.1. The second-order valence-corrected chi connectivity index (χ2v) is 11.4. The third kappa shape index (κ3) is 3.80. The van der Waals surface area contributed by atoms with E-state index in [4.69, 9.17) is 10.5 Å². The number of benzene rings is 1. The summed E-state index contributed by atoms with van der Waals surface area (Å²) in [6.07, 6.45) is 0.235. The molecule has 3 fully saturated rings. The number of aromatic hydroxyl groups is 1. The molecule has 12 heteroatoms. The van der Waals surface area contributed by atoms with Gasteiger partial charge in [-0.1, -0.05) is 0 Å². The summed E-state index contributed by atoms with van der Waals surface area (Å²) in [6.45, 7) is 1.91.